The summed E-state index contributed by atoms with van der Waals surface area (Å²) < 4.78 is 31.7. The number of benzene rings is 1. The van der Waals surface area contributed by atoms with E-state index in [-0.39, 0.29) is 34.9 Å². The average Bonchev–Trinajstić information content (AvgIpc) is 2.63. The molecule has 1 saturated heterocycles. The fourth-order valence-corrected chi connectivity index (χ4v) is 4.34. The van der Waals surface area contributed by atoms with E-state index < -0.39 is 10.0 Å². The molecule has 0 radical (unpaired) electrons. The predicted molar refractivity (Wildman–Crippen MR) is 114 cm³/mol. The van der Waals surface area contributed by atoms with Gasteiger partial charge in [-0.15, -0.1) is 12.4 Å². The van der Waals surface area contributed by atoms with Gasteiger partial charge >= 0.3 is 0 Å². The van der Waals surface area contributed by atoms with Crippen LogP contribution in [0.3, 0.4) is 0 Å². The van der Waals surface area contributed by atoms with Crippen molar-refractivity contribution in [2.75, 3.05) is 39.1 Å². The second-order valence-corrected chi connectivity index (χ2v) is 9.34. The van der Waals surface area contributed by atoms with E-state index in [1.54, 1.807) is 19.1 Å². The van der Waals surface area contributed by atoms with Crippen LogP contribution in [0.25, 0.3) is 0 Å². The molecule has 2 atom stereocenters. The quantitative estimate of drug-likeness (QED) is 0.658. The lowest BCUT2D eigenvalue weighted by Gasteiger charge is -2.28. The van der Waals surface area contributed by atoms with Gasteiger partial charge in [-0.25, -0.2) is 12.7 Å². The van der Waals surface area contributed by atoms with Crippen molar-refractivity contribution in [3.05, 3.63) is 18.2 Å². The lowest BCUT2D eigenvalue weighted by molar-refractivity contribution is -0.117. The largest absolute Gasteiger partial charge is 0.492 e. The molecule has 0 spiro atoms. The van der Waals surface area contributed by atoms with Gasteiger partial charge in [0.25, 0.3) is 0 Å². The first kappa shape index (κ1) is 24.7. The van der Waals surface area contributed by atoms with E-state index in [2.05, 4.69) is 17.6 Å². The van der Waals surface area contributed by atoms with E-state index in [0.29, 0.717) is 24.6 Å². The number of nitrogens with zero attached hydrogens (tertiary/aromatic N) is 1. The maximum absolute atomic E-state index is 12.6. The van der Waals surface area contributed by atoms with Gasteiger partial charge in [-0.1, -0.05) is 6.92 Å². The van der Waals surface area contributed by atoms with E-state index >= 15 is 0 Å². The highest BCUT2D eigenvalue weighted by Crippen LogP contribution is 2.30. The van der Waals surface area contributed by atoms with E-state index in [0.717, 1.165) is 30.2 Å². The molecule has 2 rings (SSSR count). The number of amides is 1. The molecule has 160 valence electrons. The van der Waals surface area contributed by atoms with Crippen LogP contribution in [0.5, 0.6) is 5.75 Å². The Morgan fingerprint density at radius 2 is 2.11 bits per heavy atom. The molecule has 1 aromatic rings. The minimum Gasteiger partial charge on any atom is -0.492 e. The Kier molecular flexibility index (Phi) is 9.69. The summed E-state index contributed by atoms with van der Waals surface area (Å²) >= 11 is 0. The number of halogens is 1. The first-order valence-corrected chi connectivity index (χ1v) is 10.9. The number of sulfonamides is 1. The second kappa shape index (κ2) is 11.0. The van der Waals surface area contributed by atoms with Crippen molar-refractivity contribution in [3.63, 3.8) is 0 Å². The number of piperidine rings is 1. The first-order valence-electron chi connectivity index (χ1n) is 9.45. The van der Waals surface area contributed by atoms with E-state index in [9.17, 15) is 13.2 Å². The van der Waals surface area contributed by atoms with Gasteiger partial charge in [-0.3, -0.25) is 4.79 Å². The second-order valence-electron chi connectivity index (χ2n) is 7.22. The molecule has 9 heteroatoms. The molecule has 1 amide bonds. The van der Waals surface area contributed by atoms with E-state index in [1.165, 1.54) is 20.2 Å². The van der Waals surface area contributed by atoms with Crippen molar-refractivity contribution in [3.8, 4) is 5.75 Å². The smallest absolute Gasteiger partial charge is 0.246 e. The summed E-state index contributed by atoms with van der Waals surface area (Å²) in [4.78, 5) is 12.5. The third-order valence-electron chi connectivity index (χ3n) is 4.93. The van der Waals surface area contributed by atoms with Crippen LogP contribution in [0.4, 0.5) is 5.69 Å². The normalized spacial score (nSPS) is 18.2. The fourth-order valence-electron chi connectivity index (χ4n) is 3.29. The number of hydrogen-bond donors (Lipinski definition) is 2. The molecule has 2 unspecified atom stereocenters. The minimum atomic E-state index is -3.68. The summed E-state index contributed by atoms with van der Waals surface area (Å²) in [5, 5.41) is 6.21. The van der Waals surface area contributed by atoms with E-state index in [4.69, 9.17) is 4.74 Å². The summed E-state index contributed by atoms with van der Waals surface area (Å²) in [7, 11) is -0.743. The van der Waals surface area contributed by atoms with Crippen molar-refractivity contribution >= 4 is 34.0 Å². The number of nitrogens with one attached hydrogen (secondary N) is 2. The Bertz CT molecular complexity index is 750. The number of carbonyl (C=O) groups excluding carboxylic acids is 1. The standard InChI is InChI=1S/C19H31N3O4S.ClH/c1-5-26-17-9-8-16(12-18(17)27(24,25)22(3)4)21-19(23)11-14(2)15-7-6-10-20-13-15;/h8-9,12,14-15,20H,5-7,10-11,13H2,1-4H3,(H,21,23);1H. The maximum atomic E-state index is 12.6. The maximum Gasteiger partial charge on any atom is 0.246 e. The SMILES string of the molecule is CCOc1ccc(NC(=O)CC(C)C2CCCNC2)cc1S(=O)(=O)N(C)C.Cl. The van der Waals surface area contributed by atoms with Gasteiger partial charge in [0.05, 0.1) is 6.61 Å². The molecule has 1 aliphatic heterocycles. The highest BCUT2D eigenvalue weighted by atomic mass is 35.5. The van der Waals surface area contributed by atoms with Crippen LogP contribution >= 0.6 is 12.4 Å². The molecule has 7 nitrogen and oxygen atoms in total. The summed E-state index contributed by atoms with van der Waals surface area (Å²) in [5.74, 6) is 0.941. The topological polar surface area (TPSA) is 87.7 Å². The molecule has 0 bridgehead atoms. The monoisotopic (exact) mass is 433 g/mol. The summed E-state index contributed by atoms with van der Waals surface area (Å²) in [6.45, 7) is 6.24. The lowest BCUT2D eigenvalue weighted by Crippen LogP contribution is -2.34. The number of rotatable bonds is 8. The van der Waals surface area contributed by atoms with Gasteiger partial charge in [0, 0.05) is 26.2 Å². The van der Waals surface area contributed by atoms with Crippen molar-refractivity contribution in [2.24, 2.45) is 11.8 Å². The molecule has 0 aliphatic carbocycles. The third-order valence-corrected chi connectivity index (χ3v) is 6.77. The number of hydrogen-bond acceptors (Lipinski definition) is 5. The zero-order valence-electron chi connectivity index (χ0n) is 17.0. The number of ether oxygens (including phenoxy) is 1. The van der Waals surface area contributed by atoms with Crippen LogP contribution in [-0.2, 0) is 14.8 Å². The van der Waals surface area contributed by atoms with Crippen molar-refractivity contribution in [1.29, 1.82) is 0 Å². The van der Waals surface area contributed by atoms with Gasteiger partial charge in [0.2, 0.25) is 15.9 Å². The molecule has 1 fully saturated rings. The summed E-state index contributed by atoms with van der Waals surface area (Å²) in [5.41, 5.74) is 0.456. The van der Waals surface area contributed by atoms with Crippen LogP contribution in [0.15, 0.2) is 23.1 Å². The molecular formula is C19H32ClN3O4S. The van der Waals surface area contributed by atoms with Crippen molar-refractivity contribution < 1.29 is 17.9 Å². The Hall–Kier alpha value is -1.35. The zero-order valence-corrected chi connectivity index (χ0v) is 18.7. The molecule has 1 heterocycles. The highest BCUT2D eigenvalue weighted by molar-refractivity contribution is 7.89. The lowest BCUT2D eigenvalue weighted by atomic mass is 9.85. The number of anilines is 1. The van der Waals surface area contributed by atoms with Gasteiger partial charge in [0.1, 0.15) is 10.6 Å². The predicted octanol–water partition coefficient (Wildman–Crippen LogP) is 2.72. The Morgan fingerprint density at radius 1 is 1.39 bits per heavy atom. The fraction of sp³-hybridized carbons (Fsp3) is 0.632. The molecular weight excluding hydrogens is 402 g/mol. The highest BCUT2D eigenvalue weighted by Gasteiger charge is 2.25. The minimum absolute atomic E-state index is 0. The van der Waals surface area contributed by atoms with Crippen molar-refractivity contribution in [1.82, 2.24) is 9.62 Å². The summed E-state index contributed by atoms with van der Waals surface area (Å²) in [6, 6.07) is 4.72. The van der Waals surface area contributed by atoms with Crippen LogP contribution in [0.1, 0.15) is 33.1 Å². The molecule has 0 saturated carbocycles. The van der Waals surface area contributed by atoms with Gasteiger partial charge in [-0.2, -0.15) is 0 Å². The first-order chi connectivity index (χ1) is 12.8. The van der Waals surface area contributed by atoms with Crippen LogP contribution in [-0.4, -0.2) is 52.4 Å². The Labute approximate surface area is 174 Å². The number of carbonyl (C=O) groups is 1. The van der Waals surface area contributed by atoms with Crippen LogP contribution in [0.2, 0.25) is 0 Å². The van der Waals surface area contributed by atoms with Crippen molar-refractivity contribution in [2.45, 2.75) is 38.0 Å². The zero-order chi connectivity index (χ0) is 20.0. The van der Waals surface area contributed by atoms with Gasteiger partial charge < -0.3 is 15.4 Å². The molecule has 0 aromatic heterocycles. The average molecular weight is 434 g/mol. The van der Waals surface area contributed by atoms with Crippen LogP contribution < -0.4 is 15.4 Å². The molecule has 1 aliphatic rings. The molecule has 1 aromatic carbocycles. The van der Waals surface area contributed by atoms with Gasteiger partial charge in [0.15, 0.2) is 0 Å². The Balaban J connectivity index is 0.00000392. The molecule has 28 heavy (non-hydrogen) atoms. The summed E-state index contributed by atoms with van der Waals surface area (Å²) in [6.07, 6.45) is 2.69. The van der Waals surface area contributed by atoms with Gasteiger partial charge in [-0.05, 0) is 62.9 Å². The molecule has 2 N–H and O–H groups in total. The third kappa shape index (κ3) is 6.34. The van der Waals surface area contributed by atoms with E-state index in [1.807, 2.05) is 0 Å². The Morgan fingerprint density at radius 3 is 2.68 bits per heavy atom. The van der Waals surface area contributed by atoms with Crippen LogP contribution in [0, 0.1) is 11.8 Å².